The quantitative estimate of drug-likeness (QED) is 0.270. The molecule has 1 saturated heterocycles. The number of allylic oxidation sites excluding steroid dienone is 1. The lowest BCUT2D eigenvalue weighted by Crippen LogP contribution is -2.40. The molecule has 214 valence electrons. The second-order valence-corrected chi connectivity index (χ2v) is 10.6. The Hall–Kier alpha value is -3.62. The summed E-state index contributed by atoms with van der Waals surface area (Å²) in [5, 5.41) is 9.69. The van der Waals surface area contributed by atoms with Crippen molar-refractivity contribution in [2.24, 2.45) is 0 Å². The van der Waals surface area contributed by atoms with Gasteiger partial charge in [-0.2, -0.15) is 0 Å². The molecule has 0 bridgehead atoms. The van der Waals surface area contributed by atoms with Gasteiger partial charge in [-0.05, 0) is 88.9 Å². The number of benzene rings is 3. The van der Waals surface area contributed by atoms with Crippen LogP contribution in [0.15, 0.2) is 66.2 Å². The van der Waals surface area contributed by atoms with Crippen LogP contribution in [0.4, 0.5) is 17.6 Å². The van der Waals surface area contributed by atoms with E-state index in [1.807, 2.05) is 24.3 Å². The third-order valence-corrected chi connectivity index (χ3v) is 7.65. The van der Waals surface area contributed by atoms with Crippen molar-refractivity contribution in [1.29, 1.82) is 0 Å². The van der Waals surface area contributed by atoms with E-state index in [1.54, 1.807) is 12.1 Å². The first-order valence-corrected chi connectivity index (χ1v) is 13.7. The molecule has 0 radical (unpaired) electrons. The van der Waals surface area contributed by atoms with Crippen molar-refractivity contribution in [3.63, 3.8) is 0 Å². The fraction of sp³-hybridized carbons (Fsp3) is 0.281. The zero-order chi connectivity index (χ0) is 29.1. The van der Waals surface area contributed by atoms with Crippen molar-refractivity contribution in [1.82, 2.24) is 4.90 Å². The van der Waals surface area contributed by atoms with Crippen LogP contribution in [0.25, 0.3) is 17.2 Å². The standard InChI is InChI=1S/C32H28ClF4NO3/c33-27-6-2-7-28(41-32(35,36)37)30(27)26-5-1-4-23-17-24(31(39)40)12-13-25(23)29(26)22-10-8-20(9-11-22)16-21-18-38(19-21)15-3-14-34/h2,6-13,16-17H,1,3-5,14-15,18-19H2,(H,39,40). The van der Waals surface area contributed by atoms with Crippen LogP contribution in [-0.2, 0) is 6.42 Å². The molecule has 1 aliphatic heterocycles. The molecular weight excluding hydrogens is 558 g/mol. The molecule has 1 fully saturated rings. The number of carbonyl (C=O) groups is 1. The number of aromatic carboxylic acids is 1. The number of fused-ring (bicyclic) bond motifs is 1. The molecule has 0 atom stereocenters. The van der Waals surface area contributed by atoms with Gasteiger partial charge in [0.15, 0.2) is 0 Å². The Bertz CT molecular complexity index is 1500. The van der Waals surface area contributed by atoms with Crippen LogP contribution in [0.2, 0.25) is 5.02 Å². The van der Waals surface area contributed by atoms with Crippen molar-refractivity contribution in [2.75, 3.05) is 26.3 Å². The highest BCUT2D eigenvalue weighted by atomic mass is 35.5. The second-order valence-electron chi connectivity index (χ2n) is 10.2. The van der Waals surface area contributed by atoms with E-state index in [9.17, 15) is 27.5 Å². The van der Waals surface area contributed by atoms with Crippen LogP contribution in [0.3, 0.4) is 0 Å². The average molecular weight is 586 g/mol. The highest BCUT2D eigenvalue weighted by Gasteiger charge is 2.34. The van der Waals surface area contributed by atoms with Crippen LogP contribution >= 0.6 is 11.6 Å². The molecule has 0 spiro atoms. The van der Waals surface area contributed by atoms with E-state index in [1.165, 1.54) is 29.8 Å². The third-order valence-electron chi connectivity index (χ3n) is 7.33. The number of alkyl halides is 4. The number of hydrogen-bond donors (Lipinski definition) is 1. The van der Waals surface area contributed by atoms with Gasteiger partial charge in [-0.1, -0.05) is 54.1 Å². The molecule has 1 heterocycles. The number of aryl methyl sites for hydroxylation is 1. The summed E-state index contributed by atoms with van der Waals surface area (Å²) in [5.74, 6) is -1.43. The summed E-state index contributed by atoms with van der Waals surface area (Å²) in [4.78, 5) is 13.9. The zero-order valence-electron chi connectivity index (χ0n) is 22.1. The number of carboxylic acid groups (broad SMARTS) is 1. The van der Waals surface area contributed by atoms with Gasteiger partial charge in [0.05, 0.1) is 17.3 Å². The van der Waals surface area contributed by atoms with Crippen LogP contribution in [-0.4, -0.2) is 48.6 Å². The Labute approximate surface area is 240 Å². The molecule has 0 aromatic heterocycles. The molecule has 4 nitrogen and oxygen atoms in total. The van der Waals surface area contributed by atoms with Gasteiger partial charge in [0, 0.05) is 25.2 Å². The monoisotopic (exact) mass is 585 g/mol. The Kier molecular flexibility index (Phi) is 8.52. The Balaban J connectivity index is 1.61. The van der Waals surface area contributed by atoms with E-state index >= 15 is 0 Å². The van der Waals surface area contributed by atoms with Crippen molar-refractivity contribution >= 4 is 34.8 Å². The summed E-state index contributed by atoms with van der Waals surface area (Å²) in [6, 6.07) is 16.8. The van der Waals surface area contributed by atoms with Gasteiger partial charge in [-0.3, -0.25) is 9.29 Å². The lowest BCUT2D eigenvalue weighted by Gasteiger charge is -2.33. The van der Waals surface area contributed by atoms with Gasteiger partial charge in [0.2, 0.25) is 0 Å². The van der Waals surface area contributed by atoms with E-state index < -0.39 is 12.3 Å². The van der Waals surface area contributed by atoms with Crippen molar-refractivity contribution in [3.05, 3.63) is 105 Å². The van der Waals surface area contributed by atoms with E-state index in [2.05, 4.69) is 15.7 Å². The smallest absolute Gasteiger partial charge is 0.478 e. The van der Waals surface area contributed by atoms with Gasteiger partial charge in [-0.15, -0.1) is 13.2 Å². The summed E-state index contributed by atoms with van der Waals surface area (Å²) in [5.41, 5.74) is 6.14. The lowest BCUT2D eigenvalue weighted by atomic mass is 9.86. The summed E-state index contributed by atoms with van der Waals surface area (Å²) >= 11 is 6.55. The summed E-state index contributed by atoms with van der Waals surface area (Å²) < 4.78 is 57.0. The molecule has 3 aromatic rings. The predicted molar refractivity (Wildman–Crippen MR) is 152 cm³/mol. The lowest BCUT2D eigenvalue weighted by molar-refractivity contribution is -0.274. The maximum absolute atomic E-state index is 13.4. The molecule has 0 saturated carbocycles. The fourth-order valence-corrected chi connectivity index (χ4v) is 5.83. The maximum Gasteiger partial charge on any atom is 0.573 e. The topological polar surface area (TPSA) is 49.8 Å². The minimum atomic E-state index is -4.91. The highest BCUT2D eigenvalue weighted by Crippen LogP contribution is 2.46. The zero-order valence-corrected chi connectivity index (χ0v) is 22.9. The Morgan fingerprint density at radius 2 is 1.80 bits per heavy atom. The van der Waals surface area contributed by atoms with E-state index in [-0.39, 0.29) is 28.6 Å². The van der Waals surface area contributed by atoms with Crippen molar-refractivity contribution in [3.8, 4) is 5.75 Å². The summed E-state index contributed by atoms with van der Waals surface area (Å²) in [6.45, 7) is 2.00. The maximum atomic E-state index is 13.4. The van der Waals surface area contributed by atoms with Gasteiger partial charge >= 0.3 is 12.3 Å². The number of likely N-dealkylation sites (tertiary alicyclic amines) is 1. The first-order chi connectivity index (χ1) is 19.6. The molecule has 1 aliphatic carbocycles. The van der Waals surface area contributed by atoms with E-state index in [0.717, 1.165) is 41.9 Å². The SMILES string of the molecule is O=C(O)c1ccc2c(c1)CCCC(c1c(Cl)cccc1OC(F)(F)F)=C2c1ccc(C=C2CN(CCCF)C2)cc1. The first-order valence-electron chi connectivity index (χ1n) is 13.4. The predicted octanol–water partition coefficient (Wildman–Crippen LogP) is 8.29. The van der Waals surface area contributed by atoms with Crippen molar-refractivity contribution in [2.45, 2.75) is 32.0 Å². The molecule has 9 heteroatoms. The molecule has 41 heavy (non-hydrogen) atoms. The Morgan fingerprint density at radius 1 is 1.05 bits per heavy atom. The second kappa shape index (κ2) is 12.1. The highest BCUT2D eigenvalue weighted by molar-refractivity contribution is 6.33. The van der Waals surface area contributed by atoms with Gasteiger partial charge < -0.3 is 9.84 Å². The number of halogens is 5. The summed E-state index contributed by atoms with van der Waals surface area (Å²) in [6.07, 6.45) is -0.756. The van der Waals surface area contributed by atoms with Crippen molar-refractivity contribution < 1.29 is 32.2 Å². The molecule has 2 aliphatic rings. The number of carboxylic acids is 1. The molecular formula is C32H28ClF4NO3. The van der Waals surface area contributed by atoms with Gasteiger partial charge in [0.25, 0.3) is 0 Å². The van der Waals surface area contributed by atoms with Crippen LogP contribution < -0.4 is 4.74 Å². The largest absolute Gasteiger partial charge is 0.573 e. The van der Waals surface area contributed by atoms with E-state index in [0.29, 0.717) is 36.8 Å². The fourth-order valence-electron chi connectivity index (χ4n) is 5.55. The number of ether oxygens (including phenoxy) is 1. The number of rotatable bonds is 8. The molecule has 3 aromatic carbocycles. The molecule has 0 amide bonds. The van der Waals surface area contributed by atoms with Crippen LogP contribution in [0.1, 0.15) is 57.4 Å². The normalized spacial score (nSPS) is 15.7. The molecule has 0 unspecified atom stereocenters. The van der Waals surface area contributed by atoms with E-state index in [4.69, 9.17) is 11.6 Å². The van der Waals surface area contributed by atoms with Gasteiger partial charge in [0.1, 0.15) is 5.75 Å². The first kappa shape index (κ1) is 28.9. The minimum Gasteiger partial charge on any atom is -0.478 e. The molecule has 1 N–H and O–H groups in total. The molecule has 5 rings (SSSR count). The third kappa shape index (κ3) is 6.66. The average Bonchev–Trinajstić information content (AvgIpc) is 3.08. The van der Waals surface area contributed by atoms with Gasteiger partial charge in [-0.25, -0.2) is 4.79 Å². The number of nitrogens with zero attached hydrogens (tertiary/aromatic N) is 1. The van der Waals surface area contributed by atoms with Crippen LogP contribution in [0.5, 0.6) is 5.75 Å². The summed E-state index contributed by atoms with van der Waals surface area (Å²) in [7, 11) is 0. The minimum absolute atomic E-state index is 0.133. The Morgan fingerprint density at radius 3 is 2.49 bits per heavy atom. The number of hydrogen-bond acceptors (Lipinski definition) is 3. The van der Waals surface area contributed by atoms with Crippen LogP contribution in [0, 0.1) is 0 Å².